The first-order chi connectivity index (χ1) is 13.1. The van der Waals surface area contributed by atoms with Crippen LogP contribution >= 0.6 is 0 Å². The normalized spacial score (nSPS) is 19.0. The molecule has 1 aromatic rings. The highest BCUT2D eigenvalue weighted by atomic mass is 16.5. The lowest BCUT2D eigenvalue weighted by Crippen LogP contribution is -2.43. The molecule has 0 aliphatic carbocycles. The Morgan fingerprint density at radius 2 is 1.85 bits per heavy atom. The first-order valence-electron chi connectivity index (χ1n) is 9.47. The first kappa shape index (κ1) is 17.9. The van der Waals surface area contributed by atoms with Crippen LogP contribution in [0.2, 0.25) is 0 Å². The van der Waals surface area contributed by atoms with Gasteiger partial charge in [-0.3, -0.25) is 19.3 Å². The minimum Gasteiger partial charge on any atom is -0.379 e. The molecule has 0 saturated carbocycles. The topological polar surface area (TPSA) is 91.0 Å². The Kier molecular flexibility index (Phi) is 5.09. The number of rotatable bonds is 4. The van der Waals surface area contributed by atoms with Gasteiger partial charge < -0.3 is 20.3 Å². The van der Waals surface area contributed by atoms with Crippen LogP contribution in [-0.2, 0) is 32.0 Å². The number of nitrogens with zero attached hydrogens (tertiary/aromatic N) is 2. The summed E-state index contributed by atoms with van der Waals surface area (Å²) in [7, 11) is 0. The van der Waals surface area contributed by atoms with E-state index in [1.807, 2.05) is 11.0 Å². The molecule has 0 bridgehead atoms. The summed E-state index contributed by atoms with van der Waals surface area (Å²) in [4.78, 5) is 40.4. The molecule has 0 radical (unpaired) electrons. The van der Waals surface area contributed by atoms with Crippen LogP contribution in [0.3, 0.4) is 0 Å². The highest BCUT2D eigenvalue weighted by Gasteiger charge is 2.32. The van der Waals surface area contributed by atoms with Crippen molar-refractivity contribution in [1.82, 2.24) is 10.2 Å². The molecule has 1 aromatic carbocycles. The first-order valence-corrected chi connectivity index (χ1v) is 9.47. The van der Waals surface area contributed by atoms with E-state index in [9.17, 15) is 14.4 Å². The van der Waals surface area contributed by atoms with Crippen LogP contribution in [-0.4, -0.2) is 68.6 Å². The lowest BCUT2D eigenvalue weighted by atomic mass is 9.99. The van der Waals surface area contributed by atoms with Crippen molar-refractivity contribution in [2.75, 3.05) is 56.2 Å². The van der Waals surface area contributed by atoms with Crippen molar-refractivity contribution in [3.05, 3.63) is 23.3 Å². The smallest absolute Gasteiger partial charge is 0.313 e. The standard InChI is InChI=1S/C19H24N4O4/c24-16-12-14-11-15(10-13-2-1-4-23(16)17(13)14)21-19(26)18(25)20-3-5-22-6-8-27-9-7-22/h10-11H,1-9,12H2,(H,20,25)(H,21,26). The van der Waals surface area contributed by atoms with E-state index >= 15 is 0 Å². The van der Waals surface area contributed by atoms with E-state index in [0.29, 0.717) is 38.4 Å². The summed E-state index contributed by atoms with van der Waals surface area (Å²) in [5.74, 6) is -1.22. The number of hydrogen-bond acceptors (Lipinski definition) is 5. The number of hydrogen-bond donors (Lipinski definition) is 2. The molecule has 3 amide bonds. The van der Waals surface area contributed by atoms with Crippen molar-refractivity contribution >= 4 is 29.1 Å². The Morgan fingerprint density at radius 3 is 2.67 bits per heavy atom. The average Bonchev–Trinajstić information content (AvgIpc) is 2.99. The molecule has 27 heavy (non-hydrogen) atoms. The number of nitrogens with one attached hydrogen (secondary N) is 2. The van der Waals surface area contributed by atoms with Crippen LogP contribution in [0.5, 0.6) is 0 Å². The number of benzene rings is 1. The van der Waals surface area contributed by atoms with Gasteiger partial charge in [-0.05, 0) is 36.1 Å². The van der Waals surface area contributed by atoms with Gasteiger partial charge in [0.25, 0.3) is 0 Å². The molecule has 8 heteroatoms. The lowest BCUT2D eigenvalue weighted by Gasteiger charge is -2.26. The van der Waals surface area contributed by atoms with Gasteiger partial charge in [-0.15, -0.1) is 0 Å². The summed E-state index contributed by atoms with van der Waals surface area (Å²) < 4.78 is 5.28. The molecule has 0 unspecified atom stereocenters. The molecule has 0 spiro atoms. The van der Waals surface area contributed by atoms with Crippen molar-refractivity contribution in [1.29, 1.82) is 0 Å². The van der Waals surface area contributed by atoms with E-state index in [0.717, 1.165) is 49.3 Å². The van der Waals surface area contributed by atoms with Crippen LogP contribution in [0.1, 0.15) is 17.5 Å². The third-order valence-electron chi connectivity index (χ3n) is 5.29. The second-order valence-corrected chi connectivity index (χ2v) is 7.13. The summed E-state index contributed by atoms with van der Waals surface area (Å²) in [6.07, 6.45) is 2.15. The molecule has 1 fully saturated rings. The van der Waals surface area contributed by atoms with E-state index in [-0.39, 0.29) is 5.91 Å². The van der Waals surface area contributed by atoms with Gasteiger partial charge in [-0.25, -0.2) is 0 Å². The molecular formula is C19H24N4O4. The third-order valence-corrected chi connectivity index (χ3v) is 5.29. The van der Waals surface area contributed by atoms with Crippen molar-refractivity contribution in [3.8, 4) is 0 Å². The predicted octanol–water partition coefficient (Wildman–Crippen LogP) is -0.0912. The van der Waals surface area contributed by atoms with Gasteiger partial charge in [-0.1, -0.05) is 0 Å². The molecule has 8 nitrogen and oxygen atoms in total. The molecule has 144 valence electrons. The Balaban J connectivity index is 1.33. The van der Waals surface area contributed by atoms with Crippen molar-refractivity contribution < 1.29 is 19.1 Å². The Hall–Kier alpha value is -2.45. The van der Waals surface area contributed by atoms with E-state index in [4.69, 9.17) is 4.74 Å². The van der Waals surface area contributed by atoms with Crippen molar-refractivity contribution in [2.24, 2.45) is 0 Å². The second-order valence-electron chi connectivity index (χ2n) is 7.13. The fourth-order valence-corrected chi connectivity index (χ4v) is 3.97. The largest absolute Gasteiger partial charge is 0.379 e. The maximum absolute atomic E-state index is 12.2. The predicted molar refractivity (Wildman–Crippen MR) is 99.7 cm³/mol. The highest BCUT2D eigenvalue weighted by molar-refractivity contribution is 6.39. The number of anilines is 2. The van der Waals surface area contributed by atoms with Gasteiger partial charge in [0, 0.05) is 38.4 Å². The molecule has 2 N–H and O–H groups in total. The zero-order chi connectivity index (χ0) is 18.8. The molecular weight excluding hydrogens is 348 g/mol. The number of ether oxygens (including phenoxy) is 1. The molecule has 3 aliphatic heterocycles. The highest BCUT2D eigenvalue weighted by Crippen LogP contribution is 2.38. The van der Waals surface area contributed by atoms with Crippen LogP contribution in [0.15, 0.2) is 12.1 Å². The third kappa shape index (κ3) is 3.81. The van der Waals surface area contributed by atoms with Crippen LogP contribution in [0.4, 0.5) is 11.4 Å². The summed E-state index contributed by atoms with van der Waals surface area (Å²) in [5, 5.41) is 5.33. The molecule has 4 rings (SSSR count). The number of carbonyl (C=O) groups is 3. The van der Waals surface area contributed by atoms with Gasteiger partial charge in [0.2, 0.25) is 5.91 Å². The fraction of sp³-hybridized carbons (Fsp3) is 0.526. The Labute approximate surface area is 157 Å². The monoisotopic (exact) mass is 372 g/mol. The lowest BCUT2D eigenvalue weighted by molar-refractivity contribution is -0.136. The van der Waals surface area contributed by atoms with Crippen LogP contribution in [0, 0.1) is 0 Å². The quantitative estimate of drug-likeness (QED) is 0.721. The van der Waals surface area contributed by atoms with Gasteiger partial charge in [0.05, 0.1) is 25.3 Å². The Bertz CT molecular complexity index is 773. The van der Waals surface area contributed by atoms with E-state index in [2.05, 4.69) is 15.5 Å². The minimum absolute atomic E-state index is 0.107. The van der Waals surface area contributed by atoms with Gasteiger partial charge >= 0.3 is 11.8 Å². The van der Waals surface area contributed by atoms with E-state index in [1.165, 1.54) is 0 Å². The van der Waals surface area contributed by atoms with Crippen molar-refractivity contribution in [2.45, 2.75) is 19.3 Å². The molecule has 3 aliphatic rings. The zero-order valence-electron chi connectivity index (χ0n) is 15.3. The molecule has 0 aromatic heterocycles. The van der Waals surface area contributed by atoms with Gasteiger partial charge in [0.15, 0.2) is 0 Å². The van der Waals surface area contributed by atoms with Gasteiger partial charge in [-0.2, -0.15) is 0 Å². The van der Waals surface area contributed by atoms with Crippen LogP contribution in [0.25, 0.3) is 0 Å². The summed E-state index contributed by atoms with van der Waals surface area (Å²) in [6.45, 7) is 4.97. The van der Waals surface area contributed by atoms with Crippen molar-refractivity contribution in [3.63, 3.8) is 0 Å². The van der Waals surface area contributed by atoms with E-state index in [1.54, 1.807) is 6.07 Å². The Morgan fingerprint density at radius 1 is 1.07 bits per heavy atom. The SMILES string of the molecule is O=C(NCCN1CCOCC1)C(=O)Nc1cc2c3c(c1)CC(=O)N3CCC2. The second kappa shape index (κ2) is 7.66. The number of morpholine rings is 1. The summed E-state index contributed by atoms with van der Waals surface area (Å²) >= 11 is 0. The maximum Gasteiger partial charge on any atom is 0.313 e. The molecule has 1 saturated heterocycles. The number of amides is 3. The van der Waals surface area contributed by atoms with Gasteiger partial charge in [0.1, 0.15) is 0 Å². The van der Waals surface area contributed by atoms with Crippen LogP contribution < -0.4 is 15.5 Å². The zero-order valence-corrected chi connectivity index (χ0v) is 15.3. The number of carbonyl (C=O) groups excluding carboxylic acids is 3. The average molecular weight is 372 g/mol. The maximum atomic E-state index is 12.2. The summed E-state index contributed by atoms with van der Waals surface area (Å²) in [6, 6.07) is 3.68. The molecule has 3 heterocycles. The summed E-state index contributed by atoms with van der Waals surface area (Å²) in [5.41, 5.74) is 3.57. The number of aryl methyl sites for hydroxylation is 1. The molecule has 0 atom stereocenters. The minimum atomic E-state index is -0.680. The fourth-order valence-electron chi connectivity index (χ4n) is 3.97. The van der Waals surface area contributed by atoms with E-state index < -0.39 is 11.8 Å².